The zero-order valence-corrected chi connectivity index (χ0v) is 12.1. The Morgan fingerprint density at radius 1 is 1.38 bits per heavy atom. The molecule has 1 amide bonds. The second-order valence-electron chi connectivity index (χ2n) is 5.31. The largest absolute Gasteiger partial charge is 0.481 e. The molecule has 0 bridgehead atoms. The minimum Gasteiger partial charge on any atom is -0.481 e. The number of carboxylic acids is 1. The lowest BCUT2D eigenvalue weighted by atomic mass is 9.99. The third kappa shape index (κ3) is 4.56. The van der Waals surface area contributed by atoms with Crippen molar-refractivity contribution >= 4 is 11.9 Å². The lowest BCUT2D eigenvalue weighted by Crippen LogP contribution is -2.35. The van der Waals surface area contributed by atoms with Crippen molar-refractivity contribution in [3.05, 3.63) is 35.9 Å². The molecule has 1 saturated carbocycles. The van der Waals surface area contributed by atoms with Gasteiger partial charge < -0.3 is 15.2 Å². The Morgan fingerprint density at radius 2 is 2.10 bits per heavy atom. The van der Waals surface area contributed by atoms with Crippen LogP contribution >= 0.6 is 0 Å². The Morgan fingerprint density at radius 3 is 2.71 bits per heavy atom. The van der Waals surface area contributed by atoms with Gasteiger partial charge in [-0.05, 0) is 25.3 Å². The fourth-order valence-corrected chi connectivity index (χ4v) is 2.35. The fourth-order valence-electron chi connectivity index (χ4n) is 2.35. The number of nitrogens with one attached hydrogen (secondary N) is 1. The molecule has 1 aromatic rings. The van der Waals surface area contributed by atoms with Crippen molar-refractivity contribution in [2.75, 3.05) is 13.2 Å². The summed E-state index contributed by atoms with van der Waals surface area (Å²) < 4.78 is 5.36. The maximum atomic E-state index is 11.9. The normalized spacial score (nSPS) is 21.6. The predicted molar refractivity (Wildman–Crippen MR) is 77.8 cm³/mol. The summed E-state index contributed by atoms with van der Waals surface area (Å²) in [6, 6.07) is 9.43. The van der Waals surface area contributed by atoms with E-state index >= 15 is 0 Å². The van der Waals surface area contributed by atoms with Crippen molar-refractivity contribution in [2.45, 2.75) is 25.9 Å². The van der Waals surface area contributed by atoms with Gasteiger partial charge in [-0.3, -0.25) is 9.59 Å². The van der Waals surface area contributed by atoms with Crippen LogP contribution in [-0.4, -0.2) is 36.2 Å². The molecule has 1 aromatic carbocycles. The highest BCUT2D eigenvalue weighted by Gasteiger charge is 2.44. The van der Waals surface area contributed by atoms with Crippen LogP contribution in [0.3, 0.4) is 0 Å². The number of carbonyl (C=O) groups is 2. The molecule has 0 aliphatic heterocycles. The van der Waals surface area contributed by atoms with Crippen LogP contribution in [0.25, 0.3) is 0 Å². The van der Waals surface area contributed by atoms with Crippen molar-refractivity contribution in [1.29, 1.82) is 0 Å². The van der Waals surface area contributed by atoms with E-state index < -0.39 is 11.9 Å². The van der Waals surface area contributed by atoms with E-state index in [1.807, 2.05) is 37.3 Å². The summed E-state index contributed by atoms with van der Waals surface area (Å²) in [6.07, 6.45) is 1.15. The Hall–Kier alpha value is -1.88. The molecule has 0 heterocycles. The average Bonchev–Trinajstić information content (AvgIpc) is 3.24. The molecule has 2 rings (SSSR count). The highest BCUT2D eigenvalue weighted by molar-refractivity contribution is 5.82. The zero-order chi connectivity index (χ0) is 15.2. The Labute approximate surface area is 124 Å². The van der Waals surface area contributed by atoms with Crippen molar-refractivity contribution in [2.24, 2.45) is 11.8 Å². The minimum absolute atomic E-state index is 0.00685. The first-order valence-corrected chi connectivity index (χ1v) is 7.27. The van der Waals surface area contributed by atoms with E-state index in [2.05, 4.69) is 5.32 Å². The van der Waals surface area contributed by atoms with Gasteiger partial charge in [0, 0.05) is 13.2 Å². The number of aliphatic carboxylic acids is 1. The van der Waals surface area contributed by atoms with Gasteiger partial charge >= 0.3 is 5.97 Å². The van der Waals surface area contributed by atoms with E-state index in [4.69, 9.17) is 4.74 Å². The first-order valence-electron chi connectivity index (χ1n) is 7.27. The van der Waals surface area contributed by atoms with Crippen LogP contribution in [0, 0.1) is 11.8 Å². The highest BCUT2D eigenvalue weighted by Crippen LogP contribution is 2.33. The SMILES string of the molecule is CCO[C@@H]1C[C@H]1C(=O)NC[C@@H](Cc1ccccc1)C(=O)O. The van der Waals surface area contributed by atoms with Crippen LogP contribution in [0.1, 0.15) is 18.9 Å². The first kappa shape index (κ1) is 15.5. The molecule has 0 saturated heterocycles. The topological polar surface area (TPSA) is 75.6 Å². The quantitative estimate of drug-likeness (QED) is 0.760. The number of hydrogen-bond donors (Lipinski definition) is 2. The van der Waals surface area contributed by atoms with Crippen LogP contribution in [0.2, 0.25) is 0 Å². The summed E-state index contributed by atoms with van der Waals surface area (Å²) in [7, 11) is 0. The zero-order valence-electron chi connectivity index (χ0n) is 12.1. The third-order valence-electron chi connectivity index (χ3n) is 3.65. The van der Waals surface area contributed by atoms with E-state index in [1.54, 1.807) is 0 Å². The number of ether oxygens (including phenoxy) is 1. The van der Waals surface area contributed by atoms with Gasteiger partial charge in [0.1, 0.15) is 0 Å². The van der Waals surface area contributed by atoms with Gasteiger partial charge in [0.25, 0.3) is 0 Å². The summed E-state index contributed by atoms with van der Waals surface area (Å²) in [5.41, 5.74) is 0.956. The van der Waals surface area contributed by atoms with Gasteiger partial charge in [0.15, 0.2) is 0 Å². The number of amides is 1. The molecule has 3 atom stereocenters. The van der Waals surface area contributed by atoms with Gasteiger partial charge in [-0.25, -0.2) is 0 Å². The van der Waals surface area contributed by atoms with Crippen LogP contribution in [0.15, 0.2) is 30.3 Å². The molecule has 0 spiro atoms. The van der Waals surface area contributed by atoms with Gasteiger partial charge in [0.05, 0.1) is 17.9 Å². The van der Waals surface area contributed by atoms with Crippen molar-refractivity contribution in [3.63, 3.8) is 0 Å². The molecule has 5 heteroatoms. The van der Waals surface area contributed by atoms with E-state index in [1.165, 1.54) is 0 Å². The molecule has 0 aromatic heterocycles. The summed E-state index contributed by atoms with van der Waals surface area (Å²) >= 11 is 0. The third-order valence-corrected chi connectivity index (χ3v) is 3.65. The Bertz CT molecular complexity index is 488. The van der Waals surface area contributed by atoms with Gasteiger partial charge in [-0.15, -0.1) is 0 Å². The smallest absolute Gasteiger partial charge is 0.308 e. The lowest BCUT2D eigenvalue weighted by Gasteiger charge is -2.13. The molecule has 0 unspecified atom stereocenters. The molecule has 2 N–H and O–H groups in total. The summed E-state index contributed by atoms with van der Waals surface area (Å²) in [5, 5.41) is 12.0. The number of rotatable bonds is 8. The van der Waals surface area contributed by atoms with E-state index in [0.717, 1.165) is 12.0 Å². The molecule has 1 aliphatic rings. The summed E-state index contributed by atoms with van der Waals surface area (Å²) in [5.74, 6) is -1.72. The van der Waals surface area contributed by atoms with Crippen molar-refractivity contribution in [1.82, 2.24) is 5.32 Å². The number of hydrogen-bond acceptors (Lipinski definition) is 3. The molecule has 5 nitrogen and oxygen atoms in total. The summed E-state index contributed by atoms with van der Waals surface area (Å²) in [6.45, 7) is 2.65. The summed E-state index contributed by atoms with van der Waals surface area (Å²) in [4.78, 5) is 23.2. The molecule has 1 fully saturated rings. The monoisotopic (exact) mass is 291 g/mol. The molecule has 0 radical (unpaired) electrons. The van der Waals surface area contributed by atoms with Gasteiger partial charge in [0.2, 0.25) is 5.91 Å². The standard InChI is InChI=1S/C16H21NO4/c1-2-21-14-9-13(14)15(18)17-10-12(16(19)20)8-11-6-4-3-5-7-11/h3-7,12-14H,2,8-10H2,1H3,(H,17,18)(H,19,20)/t12-,13-,14-/m1/s1. The van der Waals surface area contributed by atoms with Crippen LogP contribution in [-0.2, 0) is 20.7 Å². The number of carbonyl (C=O) groups excluding carboxylic acids is 1. The lowest BCUT2D eigenvalue weighted by molar-refractivity contribution is -0.141. The Balaban J connectivity index is 1.81. The first-order chi connectivity index (χ1) is 10.1. The van der Waals surface area contributed by atoms with E-state index in [9.17, 15) is 14.7 Å². The van der Waals surface area contributed by atoms with Gasteiger partial charge in [-0.1, -0.05) is 30.3 Å². The molecule has 21 heavy (non-hydrogen) atoms. The second kappa shape index (κ2) is 7.22. The number of benzene rings is 1. The average molecular weight is 291 g/mol. The number of carboxylic acid groups (broad SMARTS) is 1. The molecular formula is C16H21NO4. The van der Waals surface area contributed by atoms with E-state index in [0.29, 0.717) is 13.0 Å². The highest BCUT2D eigenvalue weighted by atomic mass is 16.5. The Kier molecular flexibility index (Phi) is 5.33. The maximum Gasteiger partial charge on any atom is 0.308 e. The minimum atomic E-state index is -0.892. The molecule has 1 aliphatic carbocycles. The van der Waals surface area contributed by atoms with Crippen molar-refractivity contribution in [3.8, 4) is 0 Å². The second-order valence-corrected chi connectivity index (χ2v) is 5.31. The predicted octanol–water partition coefficient (Wildman–Crippen LogP) is 1.47. The maximum absolute atomic E-state index is 11.9. The molecule has 114 valence electrons. The van der Waals surface area contributed by atoms with Crippen LogP contribution in [0.5, 0.6) is 0 Å². The van der Waals surface area contributed by atoms with Crippen LogP contribution in [0.4, 0.5) is 0 Å². The van der Waals surface area contributed by atoms with Crippen LogP contribution < -0.4 is 5.32 Å². The molecular weight excluding hydrogens is 270 g/mol. The van der Waals surface area contributed by atoms with Gasteiger partial charge in [-0.2, -0.15) is 0 Å². The fraction of sp³-hybridized carbons (Fsp3) is 0.500. The van der Waals surface area contributed by atoms with E-state index in [-0.39, 0.29) is 24.5 Å². The van der Waals surface area contributed by atoms with Crippen molar-refractivity contribution < 1.29 is 19.4 Å².